The molecule has 2 N–H and O–H groups in total. The monoisotopic (exact) mass is 422 g/mol. The van der Waals surface area contributed by atoms with Crippen molar-refractivity contribution in [3.63, 3.8) is 0 Å². The molecule has 8 heteroatoms. The van der Waals surface area contributed by atoms with Crippen molar-refractivity contribution in [3.8, 4) is 0 Å². The Morgan fingerprint density at radius 3 is 2.59 bits per heavy atom. The topological polar surface area (TPSA) is 77.3 Å². The molecule has 2 fully saturated rings. The van der Waals surface area contributed by atoms with E-state index in [1.54, 1.807) is 9.13 Å². The lowest BCUT2D eigenvalue weighted by molar-refractivity contribution is -0.123. The Morgan fingerprint density at radius 2 is 1.90 bits per heavy atom. The summed E-state index contributed by atoms with van der Waals surface area (Å²) in [5.41, 5.74) is 3.58. The Kier molecular flexibility index (Phi) is 6.71. The van der Waals surface area contributed by atoms with E-state index >= 15 is 0 Å². The van der Waals surface area contributed by atoms with Crippen LogP contribution in [0.2, 0.25) is 0 Å². The van der Waals surface area contributed by atoms with Gasteiger partial charge in [0.15, 0.2) is 0 Å². The first-order valence-corrected chi connectivity index (χ1v) is 10.4. The normalized spacial score (nSPS) is 24.0. The standard InChI is InChI=1S/C21H30N4O3.ClH/c1-4-24-17-10-13(3)15(12-18(17)25(5-2)21(24)27)23-20(26)14-6-7-19-16(11-14)22-8-9-28-19;/h10,12,14,16,19,22H,4-9,11H2,1-3H3,(H,23,26);1H/t14-,16+,19+;/m0./s1. The van der Waals surface area contributed by atoms with E-state index in [9.17, 15) is 9.59 Å². The van der Waals surface area contributed by atoms with Gasteiger partial charge >= 0.3 is 5.69 Å². The second-order valence-corrected chi connectivity index (χ2v) is 7.90. The Balaban J connectivity index is 0.00000240. The predicted molar refractivity (Wildman–Crippen MR) is 117 cm³/mol. The summed E-state index contributed by atoms with van der Waals surface area (Å²) in [7, 11) is 0. The fraction of sp³-hybridized carbons (Fsp3) is 0.619. The largest absolute Gasteiger partial charge is 0.375 e. The second-order valence-electron chi connectivity index (χ2n) is 7.90. The number of imidazole rings is 1. The van der Waals surface area contributed by atoms with Crippen LogP contribution in [0.15, 0.2) is 16.9 Å². The highest BCUT2D eigenvalue weighted by Gasteiger charge is 2.36. The van der Waals surface area contributed by atoms with Crippen molar-refractivity contribution in [2.75, 3.05) is 18.5 Å². The van der Waals surface area contributed by atoms with Gasteiger partial charge in [0, 0.05) is 37.3 Å². The molecule has 7 nitrogen and oxygen atoms in total. The third-order valence-electron chi connectivity index (χ3n) is 6.25. The molecule has 1 saturated heterocycles. The molecule has 1 aromatic carbocycles. The van der Waals surface area contributed by atoms with Gasteiger partial charge in [-0.2, -0.15) is 0 Å². The molecular formula is C21H31ClN4O3. The van der Waals surface area contributed by atoms with E-state index in [1.165, 1.54) is 0 Å². The van der Waals surface area contributed by atoms with Crippen LogP contribution in [-0.4, -0.2) is 40.3 Å². The van der Waals surface area contributed by atoms with Crippen molar-refractivity contribution < 1.29 is 9.53 Å². The Hall–Kier alpha value is -1.83. The number of aromatic nitrogens is 2. The summed E-state index contributed by atoms with van der Waals surface area (Å²) in [5, 5.41) is 6.62. The molecule has 2 heterocycles. The Bertz CT molecular complexity index is 952. The van der Waals surface area contributed by atoms with Crippen molar-refractivity contribution in [1.82, 2.24) is 14.5 Å². The molecule has 3 atom stereocenters. The number of hydrogen-bond acceptors (Lipinski definition) is 4. The number of nitrogens with one attached hydrogen (secondary N) is 2. The minimum Gasteiger partial charge on any atom is -0.375 e. The second kappa shape index (κ2) is 8.90. The number of amides is 1. The van der Waals surface area contributed by atoms with Crippen LogP contribution in [0.3, 0.4) is 0 Å². The number of rotatable bonds is 4. The van der Waals surface area contributed by atoms with E-state index in [0.29, 0.717) is 13.1 Å². The summed E-state index contributed by atoms with van der Waals surface area (Å²) in [6.45, 7) is 8.78. The van der Waals surface area contributed by atoms with Gasteiger partial charge in [-0.15, -0.1) is 12.4 Å². The van der Waals surface area contributed by atoms with Crippen LogP contribution in [0.5, 0.6) is 0 Å². The zero-order valence-corrected chi connectivity index (χ0v) is 18.2. The van der Waals surface area contributed by atoms with Gasteiger partial charge in [0.05, 0.1) is 23.7 Å². The number of halogens is 1. The van der Waals surface area contributed by atoms with Crippen molar-refractivity contribution in [3.05, 3.63) is 28.2 Å². The molecule has 0 spiro atoms. The average Bonchev–Trinajstić information content (AvgIpc) is 2.97. The lowest BCUT2D eigenvalue weighted by Gasteiger charge is -2.39. The van der Waals surface area contributed by atoms with Gasteiger partial charge < -0.3 is 15.4 Å². The summed E-state index contributed by atoms with van der Waals surface area (Å²) < 4.78 is 9.37. The number of benzene rings is 1. The van der Waals surface area contributed by atoms with E-state index in [0.717, 1.165) is 54.7 Å². The molecule has 2 aromatic rings. The molecule has 2 aliphatic rings. The van der Waals surface area contributed by atoms with Crippen LogP contribution in [0.25, 0.3) is 11.0 Å². The highest BCUT2D eigenvalue weighted by atomic mass is 35.5. The molecule has 1 aliphatic heterocycles. The first-order chi connectivity index (χ1) is 13.5. The van der Waals surface area contributed by atoms with E-state index in [1.807, 2.05) is 32.9 Å². The van der Waals surface area contributed by atoms with Crippen LogP contribution in [-0.2, 0) is 22.6 Å². The SMILES string of the molecule is CCn1c(=O)n(CC)c2cc(NC(=O)[C@H]3CC[C@H]4OCCN[C@@H]4C3)c(C)cc21.Cl. The van der Waals surface area contributed by atoms with Crippen LogP contribution in [0, 0.1) is 12.8 Å². The van der Waals surface area contributed by atoms with Gasteiger partial charge in [-0.05, 0) is 57.7 Å². The van der Waals surface area contributed by atoms with Gasteiger partial charge in [0.25, 0.3) is 0 Å². The maximum Gasteiger partial charge on any atom is 0.329 e. The number of aryl methyl sites for hydroxylation is 3. The van der Waals surface area contributed by atoms with Gasteiger partial charge in [0.2, 0.25) is 5.91 Å². The quantitative estimate of drug-likeness (QED) is 0.794. The predicted octanol–water partition coefficient (Wildman–Crippen LogP) is 2.67. The first-order valence-electron chi connectivity index (χ1n) is 10.4. The lowest BCUT2D eigenvalue weighted by Crippen LogP contribution is -2.52. The fourth-order valence-electron chi connectivity index (χ4n) is 4.70. The van der Waals surface area contributed by atoms with Crippen molar-refractivity contribution in [1.29, 1.82) is 0 Å². The zero-order valence-electron chi connectivity index (χ0n) is 17.4. The molecular weight excluding hydrogens is 392 g/mol. The van der Waals surface area contributed by atoms with E-state index in [-0.39, 0.29) is 42.1 Å². The van der Waals surface area contributed by atoms with E-state index in [2.05, 4.69) is 10.6 Å². The third-order valence-corrected chi connectivity index (χ3v) is 6.25. The van der Waals surface area contributed by atoms with Crippen molar-refractivity contribution >= 4 is 35.0 Å². The molecule has 1 saturated carbocycles. The maximum absolute atomic E-state index is 13.0. The third kappa shape index (κ3) is 3.96. The number of hydrogen-bond donors (Lipinski definition) is 2. The van der Waals surface area contributed by atoms with Crippen LogP contribution >= 0.6 is 12.4 Å². The summed E-state index contributed by atoms with van der Waals surface area (Å²) in [4.78, 5) is 25.6. The van der Waals surface area contributed by atoms with Crippen LogP contribution in [0.1, 0.15) is 38.7 Å². The zero-order chi connectivity index (χ0) is 19.8. The molecule has 29 heavy (non-hydrogen) atoms. The highest BCUT2D eigenvalue weighted by Crippen LogP contribution is 2.30. The molecule has 0 unspecified atom stereocenters. The molecule has 1 aromatic heterocycles. The summed E-state index contributed by atoms with van der Waals surface area (Å²) in [6.07, 6.45) is 2.82. The number of carbonyl (C=O) groups excluding carboxylic acids is 1. The smallest absolute Gasteiger partial charge is 0.329 e. The van der Waals surface area contributed by atoms with Gasteiger partial charge in [-0.25, -0.2) is 4.79 Å². The molecule has 4 rings (SSSR count). The van der Waals surface area contributed by atoms with E-state index < -0.39 is 0 Å². The molecule has 0 bridgehead atoms. The maximum atomic E-state index is 13.0. The Labute approximate surface area is 177 Å². The Morgan fingerprint density at radius 1 is 1.21 bits per heavy atom. The van der Waals surface area contributed by atoms with Crippen LogP contribution in [0.4, 0.5) is 5.69 Å². The van der Waals surface area contributed by atoms with E-state index in [4.69, 9.17) is 4.74 Å². The van der Waals surface area contributed by atoms with Crippen LogP contribution < -0.4 is 16.3 Å². The number of ether oxygens (including phenoxy) is 1. The van der Waals surface area contributed by atoms with Crippen molar-refractivity contribution in [2.45, 2.75) is 65.3 Å². The first kappa shape index (κ1) is 21.9. The number of morpholine rings is 1. The molecule has 1 aliphatic carbocycles. The average molecular weight is 423 g/mol. The molecule has 0 radical (unpaired) electrons. The fourth-order valence-corrected chi connectivity index (χ4v) is 4.70. The number of carbonyl (C=O) groups is 1. The minimum absolute atomic E-state index is 0. The van der Waals surface area contributed by atoms with Gasteiger partial charge in [0.1, 0.15) is 0 Å². The summed E-state index contributed by atoms with van der Waals surface area (Å²) in [5.74, 6) is 0.0488. The van der Waals surface area contributed by atoms with Crippen molar-refractivity contribution in [2.24, 2.45) is 5.92 Å². The summed E-state index contributed by atoms with van der Waals surface area (Å²) >= 11 is 0. The number of anilines is 1. The number of nitrogens with zero attached hydrogens (tertiary/aromatic N) is 2. The summed E-state index contributed by atoms with van der Waals surface area (Å²) in [6, 6.07) is 4.23. The molecule has 1 amide bonds. The van der Waals surface area contributed by atoms with Gasteiger partial charge in [-0.3, -0.25) is 13.9 Å². The highest BCUT2D eigenvalue weighted by molar-refractivity contribution is 5.95. The lowest BCUT2D eigenvalue weighted by atomic mass is 9.82. The molecule has 160 valence electrons. The van der Waals surface area contributed by atoms with Gasteiger partial charge in [-0.1, -0.05) is 0 Å². The number of fused-ring (bicyclic) bond motifs is 2. The minimum atomic E-state index is -0.0147.